The van der Waals surface area contributed by atoms with Crippen molar-refractivity contribution in [3.05, 3.63) is 42.5 Å². The number of urea groups is 1. The maximum atomic E-state index is 13.1. The summed E-state index contributed by atoms with van der Waals surface area (Å²) in [6.45, 7) is 2.26. The van der Waals surface area contributed by atoms with E-state index in [9.17, 15) is 14.4 Å². The Morgan fingerprint density at radius 3 is 2.67 bits per heavy atom. The summed E-state index contributed by atoms with van der Waals surface area (Å²) in [7, 11) is 0. The summed E-state index contributed by atoms with van der Waals surface area (Å²) < 4.78 is 5.23. The van der Waals surface area contributed by atoms with Crippen molar-refractivity contribution in [1.29, 1.82) is 0 Å². The minimum atomic E-state index is -1.10. The second-order valence-corrected chi connectivity index (χ2v) is 5.89. The molecule has 2 aliphatic heterocycles. The number of carbonyl (C=O) groups is 3. The van der Waals surface area contributed by atoms with E-state index in [1.807, 2.05) is 18.2 Å². The Kier molecular flexibility index (Phi) is 4.38. The fraction of sp³-hybridized carbons (Fsp3) is 0.389. The van der Waals surface area contributed by atoms with E-state index >= 15 is 0 Å². The maximum Gasteiger partial charge on any atom is 0.332 e. The van der Waals surface area contributed by atoms with Crippen molar-refractivity contribution in [1.82, 2.24) is 4.90 Å². The Morgan fingerprint density at radius 2 is 1.96 bits per heavy atom. The summed E-state index contributed by atoms with van der Waals surface area (Å²) in [6.07, 6.45) is 4.47. The number of hydrogen-bond acceptors (Lipinski definition) is 4. The number of rotatable bonds is 3. The van der Waals surface area contributed by atoms with Crippen LogP contribution in [0.4, 0.5) is 10.5 Å². The largest absolute Gasteiger partial charge is 0.464 e. The molecule has 1 atom stereocenters. The van der Waals surface area contributed by atoms with Gasteiger partial charge in [0.25, 0.3) is 0 Å². The first-order chi connectivity index (χ1) is 11.6. The van der Waals surface area contributed by atoms with E-state index in [1.54, 1.807) is 31.2 Å². The van der Waals surface area contributed by atoms with Gasteiger partial charge in [0, 0.05) is 13.0 Å². The third-order valence-electron chi connectivity index (χ3n) is 4.52. The number of carbonyl (C=O) groups excluding carboxylic acids is 3. The van der Waals surface area contributed by atoms with E-state index in [-0.39, 0.29) is 31.9 Å². The average molecular weight is 328 g/mol. The van der Waals surface area contributed by atoms with Gasteiger partial charge in [-0.15, -0.1) is 0 Å². The number of ether oxygens (including phenoxy) is 1. The van der Waals surface area contributed by atoms with E-state index in [4.69, 9.17) is 4.74 Å². The van der Waals surface area contributed by atoms with Crippen LogP contribution in [0.25, 0.3) is 0 Å². The second kappa shape index (κ2) is 6.47. The van der Waals surface area contributed by atoms with Crippen LogP contribution in [0.3, 0.4) is 0 Å². The number of imide groups is 1. The van der Waals surface area contributed by atoms with E-state index in [1.165, 1.54) is 9.80 Å². The minimum absolute atomic E-state index is 0.115. The molecule has 2 heterocycles. The van der Waals surface area contributed by atoms with Gasteiger partial charge in [0.2, 0.25) is 5.91 Å². The van der Waals surface area contributed by atoms with Gasteiger partial charge in [-0.1, -0.05) is 30.4 Å². The highest BCUT2D eigenvalue weighted by Crippen LogP contribution is 2.36. The summed E-state index contributed by atoms with van der Waals surface area (Å²) in [5.74, 6) is -0.741. The number of amides is 3. The molecule has 0 radical (unpaired) electrons. The van der Waals surface area contributed by atoms with Gasteiger partial charge < -0.3 is 9.64 Å². The molecule has 0 bridgehead atoms. The number of nitrogens with zero attached hydrogens (tertiary/aromatic N) is 2. The molecule has 6 heteroatoms. The first kappa shape index (κ1) is 16.2. The van der Waals surface area contributed by atoms with Crippen LogP contribution < -0.4 is 4.90 Å². The van der Waals surface area contributed by atoms with Crippen LogP contribution >= 0.6 is 0 Å². The van der Waals surface area contributed by atoms with Crippen molar-refractivity contribution in [3.63, 3.8) is 0 Å². The zero-order valence-corrected chi connectivity index (χ0v) is 13.6. The molecule has 0 aromatic heterocycles. The van der Waals surface area contributed by atoms with Crippen LogP contribution in [0.2, 0.25) is 0 Å². The normalized spacial score (nSPS) is 23.7. The van der Waals surface area contributed by atoms with Gasteiger partial charge in [0.1, 0.15) is 5.54 Å². The highest BCUT2D eigenvalue weighted by atomic mass is 16.5. The monoisotopic (exact) mass is 328 g/mol. The zero-order valence-electron chi connectivity index (χ0n) is 13.6. The second-order valence-electron chi connectivity index (χ2n) is 5.89. The predicted molar refractivity (Wildman–Crippen MR) is 88.4 cm³/mol. The van der Waals surface area contributed by atoms with Gasteiger partial charge in [0.15, 0.2) is 0 Å². The molecule has 1 aromatic rings. The Hall–Kier alpha value is -2.63. The SMILES string of the molecule is CCOC(=O)C12CC=CCN1C(=O)N(c1ccccc1)C(=O)CC2. The van der Waals surface area contributed by atoms with Crippen LogP contribution in [-0.4, -0.2) is 41.5 Å². The van der Waals surface area contributed by atoms with Gasteiger partial charge in [-0.2, -0.15) is 0 Å². The molecule has 1 saturated heterocycles. The average Bonchev–Trinajstić information content (AvgIpc) is 2.72. The molecule has 0 aliphatic carbocycles. The van der Waals surface area contributed by atoms with Gasteiger partial charge in [0.05, 0.1) is 12.3 Å². The third-order valence-corrected chi connectivity index (χ3v) is 4.52. The summed E-state index contributed by atoms with van der Waals surface area (Å²) in [4.78, 5) is 41.0. The van der Waals surface area contributed by atoms with Gasteiger partial charge in [-0.05, 0) is 31.9 Å². The highest BCUT2D eigenvalue weighted by molar-refractivity contribution is 6.16. The van der Waals surface area contributed by atoms with Crippen LogP contribution in [0, 0.1) is 0 Å². The summed E-state index contributed by atoms with van der Waals surface area (Å²) in [5, 5.41) is 0. The lowest BCUT2D eigenvalue weighted by Gasteiger charge is -2.42. The smallest absolute Gasteiger partial charge is 0.332 e. The Labute approximate surface area is 140 Å². The van der Waals surface area contributed by atoms with E-state index in [0.29, 0.717) is 12.1 Å². The fourth-order valence-electron chi connectivity index (χ4n) is 3.29. The molecule has 1 unspecified atom stereocenters. The van der Waals surface area contributed by atoms with Crippen molar-refractivity contribution in [2.24, 2.45) is 0 Å². The number of esters is 1. The van der Waals surface area contributed by atoms with Gasteiger partial charge in [-0.25, -0.2) is 14.5 Å². The van der Waals surface area contributed by atoms with Crippen LogP contribution in [0.1, 0.15) is 26.2 Å². The third kappa shape index (κ3) is 2.58. The van der Waals surface area contributed by atoms with Crippen molar-refractivity contribution in [2.75, 3.05) is 18.1 Å². The van der Waals surface area contributed by atoms with Crippen molar-refractivity contribution < 1.29 is 19.1 Å². The lowest BCUT2D eigenvalue weighted by molar-refractivity contribution is -0.156. The molecule has 24 heavy (non-hydrogen) atoms. The Balaban J connectivity index is 2.03. The lowest BCUT2D eigenvalue weighted by atomic mass is 9.86. The van der Waals surface area contributed by atoms with Crippen LogP contribution in [0.5, 0.6) is 0 Å². The highest BCUT2D eigenvalue weighted by Gasteiger charge is 2.52. The van der Waals surface area contributed by atoms with Crippen molar-refractivity contribution >= 4 is 23.6 Å². The molecular weight excluding hydrogens is 308 g/mol. The summed E-state index contributed by atoms with van der Waals surface area (Å²) >= 11 is 0. The minimum Gasteiger partial charge on any atom is -0.464 e. The number of benzene rings is 1. The number of hydrogen-bond donors (Lipinski definition) is 0. The molecule has 0 spiro atoms. The van der Waals surface area contributed by atoms with Gasteiger partial charge in [-0.3, -0.25) is 4.79 Å². The van der Waals surface area contributed by atoms with Crippen molar-refractivity contribution in [3.8, 4) is 0 Å². The molecule has 126 valence electrons. The van der Waals surface area contributed by atoms with E-state index in [2.05, 4.69) is 0 Å². The van der Waals surface area contributed by atoms with Crippen molar-refractivity contribution in [2.45, 2.75) is 31.7 Å². The molecule has 2 aliphatic rings. The first-order valence-corrected chi connectivity index (χ1v) is 8.12. The molecule has 0 saturated carbocycles. The van der Waals surface area contributed by atoms with E-state index < -0.39 is 17.5 Å². The topological polar surface area (TPSA) is 66.9 Å². The molecule has 0 N–H and O–H groups in total. The maximum absolute atomic E-state index is 13.1. The zero-order chi connectivity index (χ0) is 17.2. The molecule has 3 amide bonds. The standard InChI is InChI=1S/C18H20N2O4/c1-2-24-16(22)18-11-6-7-13-19(18)17(23)20(15(21)10-12-18)14-8-4-3-5-9-14/h3-9H,2,10-13H2,1H3. The molecular formula is C18H20N2O4. The fourth-order valence-corrected chi connectivity index (χ4v) is 3.29. The molecule has 3 rings (SSSR count). The molecule has 1 fully saturated rings. The summed E-state index contributed by atoms with van der Waals surface area (Å²) in [5.41, 5.74) is -0.581. The summed E-state index contributed by atoms with van der Waals surface area (Å²) in [6, 6.07) is 8.33. The quantitative estimate of drug-likeness (QED) is 0.631. The number of fused-ring (bicyclic) bond motifs is 1. The van der Waals surface area contributed by atoms with Gasteiger partial charge >= 0.3 is 12.0 Å². The van der Waals surface area contributed by atoms with Crippen LogP contribution in [-0.2, 0) is 14.3 Å². The molecule has 1 aromatic carbocycles. The van der Waals surface area contributed by atoms with Crippen LogP contribution in [0.15, 0.2) is 42.5 Å². The Morgan fingerprint density at radius 1 is 1.21 bits per heavy atom. The lowest BCUT2D eigenvalue weighted by Crippen LogP contribution is -2.60. The molecule has 6 nitrogen and oxygen atoms in total. The Bertz CT molecular complexity index is 686. The number of anilines is 1. The predicted octanol–water partition coefficient (Wildman–Crippen LogP) is 2.50. The first-order valence-electron chi connectivity index (χ1n) is 8.12. The van der Waals surface area contributed by atoms with E-state index in [0.717, 1.165) is 0 Å². The number of para-hydroxylation sites is 1.